The Bertz CT molecular complexity index is 1750. The van der Waals surface area contributed by atoms with E-state index in [1.807, 2.05) is 24.3 Å². The molecule has 7 rings (SSSR count). The Kier molecular flexibility index (Phi) is 7.71. The third kappa shape index (κ3) is 6.13. The van der Waals surface area contributed by atoms with Crippen LogP contribution in [-0.4, -0.2) is 55.4 Å². The number of aromatic nitrogens is 1. The number of nitrogens with one attached hydrogen (secondary N) is 2. The molecule has 2 saturated heterocycles. The number of carbonyl (C=O) groups excluding carboxylic acids is 3. The minimum Gasteiger partial charge on any atom is -0.448 e. The van der Waals surface area contributed by atoms with Crippen LogP contribution in [0.2, 0.25) is 0 Å². The number of anilines is 5. The van der Waals surface area contributed by atoms with Crippen molar-refractivity contribution in [1.29, 1.82) is 0 Å². The summed E-state index contributed by atoms with van der Waals surface area (Å²) in [5, 5.41) is 5.98. The van der Waals surface area contributed by atoms with Crippen LogP contribution < -0.4 is 25.3 Å². The van der Waals surface area contributed by atoms with Gasteiger partial charge in [0.15, 0.2) is 11.6 Å². The molecule has 0 spiro atoms. The maximum Gasteiger partial charge on any atom is 0.277 e. The fraction of sp³-hybridized carbons (Fsp3) is 0.314. The Morgan fingerprint density at radius 2 is 1.62 bits per heavy atom. The van der Waals surface area contributed by atoms with E-state index in [9.17, 15) is 14.4 Å². The van der Waals surface area contributed by atoms with Crippen LogP contribution in [0.5, 0.6) is 0 Å². The molecule has 0 bridgehead atoms. The summed E-state index contributed by atoms with van der Waals surface area (Å²) in [4.78, 5) is 49.8. The number of benzene rings is 3. The quantitative estimate of drug-likeness (QED) is 0.261. The van der Waals surface area contributed by atoms with Crippen molar-refractivity contribution in [3.63, 3.8) is 0 Å². The summed E-state index contributed by atoms with van der Waals surface area (Å²) in [6.07, 6.45) is 4.81. The Balaban J connectivity index is 1.12. The van der Waals surface area contributed by atoms with Gasteiger partial charge in [0.25, 0.3) is 11.8 Å². The monoisotopic (exact) mass is 604 g/mol. The van der Waals surface area contributed by atoms with Gasteiger partial charge < -0.3 is 29.8 Å². The summed E-state index contributed by atoms with van der Waals surface area (Å²) in [6, 6.07) is 21.1. The van der Waals surface area contributed by atoms with E-state index in [-0.39, 0.29) is 23.4 Å². The Morgan fingerprint density at radius 1 is 0.844 bits per heavy atom. The van der Waals surface area contributed by atoms with Gasteiger partial charge in [-0.15, -0.1) is 0 Å². The van der Waals surface area contributed by atoms with Crippen LogP contribution in [-0.2, 0) is 4.79 Å². The van der Waals surface area contributed by atoms with E-state index in [4.69, 9.17) is 4.42 Å². The first kappa shape index (κ1) is 28.6. The molecule has 3 heterocycles. The van der Waals surface area contributed by atoms with E-state index in [0.29, 0.717) is 41.7 Å². The molecule has 3 aromatic carbocycles. The van der Waals surface area contributed by atoms with Crippen LogP contribution in [0.1, 0.15) is 63.9 Å². The van der Waals surface area contributed by atoms with Crippen LogP contribution in [0.4, 0.5) is 28.4 Å². The Hall–Kier alpha value is -5.12. The lowest BCUT2D eigenvalue weighted by atomic mass is 10.1. The molecule has 2 aliphatic heterocycles. The van der Waals surface area contributed by atoms with Crippen molar-refractivity contribution >= 4 is 46.2 Å². The number of carbonyl (C=O) groups is 3. The van der Waals surface area contributed by atoms with Crippen molar-refractivity contribution in [3.8, 4) is 0 Å². The first-order valence-electron chi connectivity index (χ1n) is 15.6. The van der Waals surface area contributed by atoms with Gasteiger partial charge in [0.1, 0.15) is 6.26 Å². The van der Waals surface area contributed by atoms with Crippen molar-refractivity contribution in [2.45, 2.75) is 38.5 Å². The minimum atomic E-state index is -0.383. The number of hydrogen-bond acceptors (Lipinski definition) is 7. The van der Waals surface area contributed by atoms with Crippen LogP contribution in [0, 0.1) is 6.92 Å². The number of piperazine rings is 1. The highest BCUT2D eigenvalue weighted by Gasteiger charge is 2.30. The van der Waals surface area contributed by atoms with Crippen molar-refractivity contribution in [2.75, 3.05) is 58.1 Å². The van der Waals surface area contributed by atoms with Gasteiger partial charge in [-0.3, -0.25) is 14.4 Å². The first-order valence-corrected chi connectivity index (χ1v) is 15.6. The molecule has 2 N–H and O–H groups in total. The average molecular weight is 605 g/mol. The van der Waals surface area contributed by atoms with Crippen molar-refractivity contribution in [3.05, 3.63) is 95.7 Å². The summed E-state index contributed by atoms with van der Waals surface area (Å²) < 4.78 is 5.56. The summed E-state index contributed by atoms with van der Waals surface area (Å²) in [5.41, 5.74) is 5.81. The van der Waals surface area contributed by atoms with Crippen LogP contribution in [0.3, 0.4) is 0 Å². The topological polar surface area (TPSA) is 111 Å². The summed E-state index contributed by atoms with van der Waals surface area (Å²) in [5.74, 6) is 0.278. The molecule has 45 heavy (non-hydrogen) atoms. The molecule has 4 aromatic rings. The molecule has 3 amide bonds. The van der Waals surface area contributed by atoms with Crippen LogP contribution in [0.15, 0.2) is 77.4 Å². The zero-order valence-corrected chi connectivity index (χ0v) is 25.3. The second-order valence-electron chi connectivity index (χ2n) is 11.9. The number of aryl methyl sites for hydroxylation is 1. The van der Waals surface area contributed by atoms with Crippen LogP contribution in [0.25, 0.3) is 0 Å². The molecular weight excluding hydrogens is 568 g/mol. The SMILES string of the molecule is Cc1ccccc1N1CCN(c2ccc(C(=O)Nc3cccc(N4CCCC4=O)c3)cc2NC(=O)c2coc(C3CC3)n2)CC1. The van der Waals surface area contributed by atoms with Gasteiger partial charge >= 0.3 is 0 Å². The number of rotatable bonds is 8. The maximum atomic E-state index is 13.5. The third-order valence-corrected chi connectivity index (χ3v) is 8.75. The van der Waals surface area contributed by atoms with Gasteiger partial charge in [0.05, 0.1) is 11.4 Å². The minimum absolute atomic E-state index is 0.0885. The van der Waals surface area contributed by atoms with E-state index in [1.165, 1.54) is 17.5 Å². The van der Waals surface area contributed by atoms with E-state index in [0.717, 1.165) is 56.8 Å². The molecule has 1 aliphatic carbocycles. The largest absolute Gasteiger partial charge is 0.448 e. The molecule has 1 saturated carbocycles. The normalized spacial score (nSPS) is 16.6. The third-order valence-electron chi connectivity index (χ3n) is 8.75. The summed E-state index contributed by atoms with van der Waals surface area (Å²) in [7, 11) is 0. The molecule has 0 atom stereocenters. The molecule has 3 aliphatic rings. The van der Waals surface area contributed by atoms with Crippen molar-refractivity contribution in [1.82, 2.24) is 4.98 Å². The van der Waals surface area contributed by atoms with Gasteiger partial charge in [0, 0.05) is 67.7 Å². The lowest BCUT2D eigenvalue weighted by molar-refractivity contribution is -0.117. The second kappa shape index (κ2) is 12.1. The van der Waals surface area contributed by atoms with Gasteiger partial charge in [0.2, 0.25) is 5.91 Å². The molecule has 0 radical (unpaired) electrons. The molecule has 10 nitrogen and oxygen atoms in total. The lowest BCUT2D eigenvalue weighted by Crippen LogP contribution is -2.47. The lowest BCUT2D eigenvalue weighted by Gasteiger charge is -2.38. The maximum absolute atomic E-state index is 13.5. The van der Waals surface area contributed by atoms with Gasteiger partial charge in [-0.1, -0.05) is 24.3 Å². The van der Waals surface area contributed by atoms with Gasteiger partial charge in [-0.2, -0.15) is 0 Å². The number of hydrogen-bond donors (Lipinski definition) is 2. The second-order valence-corrected chi connectivity index (χ2v) is 11.9. The molecule has 10 heteroatoms. The van der Waals surface area contributed by atoms with Crippen molar-refractivity contribution < 1.29 is 18.8 Å². The number of para-hydroxylation sites is 1. The molecule has 1 aromatic heterocycles. The van der Waals surface area contributed by atoms with E-state index < -0.39 is 0 Å². The molecular formula is C35H36N6O4. The zero-order valence-electron chi connectivity index (χ0n) is 25.3. The zero-order chi connectivity index (χ0) is 30.9. The molecule has 230 valence electrons. The van der Waals surface area contributed by atoms with Gasteiger partial charge in [-0.25, -0.2) is 4.98 Å². The Morgan fingerprint density at radius 3 is 2.36 bits per heavy atom. The highest BCUT2D eigenvalue weighted by atomic mass is 16.3. The van der Waals surface area contributed by atoms with E-state index in [2.05, 4.69) is 56.6 Å². The highest BCUT2D eigenvalue weighted by molar-refractivity contribution is 6.09. The fourth-order valence-corrected chi connectivity index (χ4v) is 6.13. The van der Waals surface area contributed by atoms with E-state index in [1.54, 1.807) is 23.1 Å². The highest BCUT2D eigenvalue weighted by Crippen LogP contribution is 2.39. The van der Waals surface area contributed by atoms with E-state index >= 15 is 0 Å². The van der Waals surface area contributed by atoms with Crippen LogP contribution >= 0.6 is 0 Å². The number of oxazole rings is 1. The predicted octanol–water partition coefficient (Wildman–Crippen LogP) is 5.82. The van der Waals surface area contributed by atoms with Crippen molar-refractivity contribution in [2.24, 2.45) is 0 Å². The predicted molar refractivity (Wildman–Crippen MR) is 174 cm³/mol. The summed E-state index contributed by atoms with van der Waals surface area (Å²) >= 11 is 0. The molecule has 0 unspecified atom stereocenters. The first-order chi connectivity index (χ1) is 21.9. The van der Waals surface area contributed by atoms with Gasteiger partial charge in [-0.05, 0) is 74.2 Å². The molecule has 3 fully saturated rings. The standard InChI is InChI=1S/C35H36N6O4/c1-23-6-2-3-9-30(23)39-16-18-40(19-17-39)31-14-13-25(20-28(31)37-34(44)29-22-45-35(38-29)24-11-12-24)33(43)36-26-7-4-8-27(21-26)41-15-5-10-32(41)42/h2-4,6-9,13-14,20-22,24H,5,10-12,15-19H2,1H3,(H,36,43)(H,37,44). The Labute approximate surface area is 262 Å². The number of nitrogens with zero attached hydrogens (tertiary/aromatic N) is 4. The fourth-order valence-electron chi connectivity index (χ4n) is 6.13. The number of amides is 3. The summed E-state index contributed by atoms with van der Waals surface area (Å²) in [6.45, 7) is 5.95. The average Bonchev–Trinajstić information content (AvgIpc) is 3.62. The smallest absolute Gasteiger partial charge is 0.277 e.